The van der Waals surface area contributed by atoms with E-state index in [2.05, 4.69) is 20.5 Å². The first-order valence-corrected chi connectivity index (χ1v) is 18.8. The Bertz CT molecular complexity index is 2530. The number of benzene rings is 6. The van der Waals surface area contributed by atoms with E-state index < -0.39 is 30.0 Å². The van der Waals surface area contributed by atoms with Crippen molar-refractivity contribution in [1.29, 1.82) is 0 Å². The van der Waals surface area contributed by atoms with E-state index in [1.807, 2.05) is 38.1 Å². The van der Waals surface area contributed by atoms with Crippen LogP contribution < -0.4 is 22.9 Å². The summed E-state index contributed by atoms with van der Waals surface area (Å²) in [6, 6.07) is 23.8. The van der Waals surface area contributed by atoms with Gasteiger partial charge in [-0.3, -0.25) is 9.11 Å². The van der Waals surface area contributed by atoms with Crippen molar-refractivity contribution < 1.29 is 25.9 Å². The van der Waals surface area contributed by atoms with Gasteiger partial charge in [0.15, 0.2) is 0 Å². The first-order chi connectivity index (χ1) is 24.6. The summed E-state index contributed by atoms with van der Waals surface area (Å²) < 4.78 is 68.9. The van der Waals surface area contributed by atoms with Gasteiger partial charge in [0.2, 0.25) is 0 Å². The van der Waals surface area contributed by atoms with Crippen molar-refractivity contribution in [2.75, 3.05) is 22.9 Å². The average Bonchev–Trinajstić information content (AvgIpc) is 3.10. The van der Waals surface area contributed by atoms with Crippen LogP contribution in [0.4, 0.5) is 45.5 Å². The number of hydrogen-bond donors (Lipinski definition) is 6. The number of nitrogen functional groups attached to an aromatic ring is 4. The van der Waals surface area contributed by atoms with Crippen LogP contribution in [0.5, 0.6) is 0 Å². The smallest absolute Gasteiger partial charge is 0.297 e. The standard InChI is InChI=1S/C36H34N8O6S2/c1-3-19-17-21(41-43-33-29(37)25-9-5-7-11-27(25)35(31(33)39)51(45,46)47)13-15-23(19)24-16-14-22(18-20(24)4-2)42-44-34-30(38)26-10-6-8-12-28(26)36(32(34)40)52(48,49)50/h5-18H,3-4,37-40H2,1-2H3,(H,45,46,47)(H,48,49,50)/b43-41+,44-42+. The lowest BCUT2D eigenvalue weighted by molar-refractivity contribution is 0.482. The normalized spacial score (nSPS) is 12.5. The van der Waals surface area contributed by atoms with Crippen LogP contribution in [0, 0.1) is 0 Å². The van der Waals surface area contributed by atoms with Crippen LogP contribution in [0.15, 0.2) is 115 Å². The molecule has 0 unspecified atom stereocenters. The lowest BCUT2D eigenvalue weighted by atomic mass is 9.92. The van der Waals surface area contributed by atoms with Gasteiger partial charge in [-0.05, 0) is 59.4 Å². The Kier molecular flexibility index (Phi) is 9.41. The average molecular weight is 739 g/mol. The van der Waals surface area contributed by atoms with E-state index in [9.17, 15) is 25.9 Å². The molecule has 266 valence electrons. The summed E-state index contributed by atoms with van der Waals surface area (Å²) in [7, 11) is -9.43. The van der Waals surface area contributed by atoms with E-state index in [4.69, 9.17) is 22.9 Å². The Balaban J connectivity index is 1.36. The van der Waals surface area contributed by atoms with Gasteiger partial charge < -0.3 is 22.9 Å². The fourth-order valence-electron chi connectivity index (χ4n) is 6.26. The molecule has 0 aliphatic rings. The third kappa shape index (κ3) is 6.51. The lowest BCUT2D eigenvalue weighted by Crippen LogP contribution is -2.06. The molecule has 52 heavy (non-hydrogen) atoms. The fourth-order valence-corrected chi connectivity index (χ4v) is 7.93. The maximum atomic E-state index is 12.3. The molecule has 10 N–H and O–H groups in total. The molecule has 6 aromatic rings. The predicted octanol–water partition coefficient (Wildman–Crippen LogP) is 8.44. The second kappa shape index (κ2) is 13.6. The summed E-state index contributed by atoms with van der Waals surface area (Å²) in [4.78, 5) is -0.976. The zero-order chi connectivity index (χ0) is 37.5. The number of anilines is 4. The molecule has 0 radical (unpaired) electrons. The molecule has 0 saturated carbocycles. The largest absolute Gasteiger partial charge is 0.396 e. The quantitative estimate of drug-likeness (QED) is 0.0468. The first kappa shape index (κ1) is 35.9. The van der Waals surface area contributed by atoms with Crippen molar-refractivity contribution in [2.24, 2.45) is 20.5 Å². The van der Waals surface area contributed by atoms with Gasteiger partial charge in [0.1, 0.15) is 21.2 Å². The van der Waals surface area contributed by atoms with Crippen molar-refractivity contribution in [3.05, 3.63) is 96.1 Å². The van der Waals surface area contributed by atoms with Crippen LogP contribution in [-0.2, 0) is 33.1 Å². The van der Waals surface area contributed by atoms with E-state index in [0.29, 0.717) is 35.0 Å². The third-order valence-corrected chi connectivity index (χ3v) is 10.6. The van der Waals surface area contributed by atoms with Crippen LogP contribution in [-0.4, -0.2) is 25.9 Å². The summed E-state index contributed by atoms with van der Waals surface area (Å²) in [6.07, 6.45) is 1.26. The van der Waals surface area contributed by atoms with E-state index in [1.54, 1.807) is 48.5 Å². The highest BCUT2D eigenvalue weighted by Crippen LogP contribution is 2.45. The molecule has 6 aromatic carbocycles. The van der Waals surface area contributed by atoms with Gasteiger partial charge in [-0.15, -0.1) is 10.2 Å². The minimum atomic E-state index is -4.71. The predicted molar refractivity (Wildman–Crippen MR) is 204 cm³/mol. The molecule has 0 aliphatic carbocycles. The van der Waals surface area contributed by atoms with Crippen LogP contribution in [0.3, 0.4) is 0 Å². The van der Waals surface area contributed by atoms with Gasteiger partial charge in [-0.2, -0.15) is 27.1 Å². The Morgan fingerprint density at radius 1 is 0.500 bits per heavy atom. The van der Waals surface area contributed by atoms with E-state index >= 15 is 0 Å². The molecule has 0 aromatic heterocycles. The molecular weight excluding hydrogens is 705 g/mol. The van der Waals surface area contributed by atoms with Crippen LogP contribution >= 0.6 is 0 Å². The summed E-state index contributed by atoms with van der Waals surface area (Å²) >= 11 is 0. The summed E-state index contributed by atoms with van der Waals surface area (Å²) in [5.74, 6) is 0. The number of aryl methyl sites for hydroxylation is 2. The highest BCUT2D eigenvalue weighted by atomic mass is 32.2. The Hall–Kier alpha value is -5.94. The summed E-state index contributed by atoms with van der Waals surface area (Å²) in [5.41, 5.74) is 29.2. The van der Waals surface area contributed by atoms with E-state index in [1.165, 1.54) is 12.1 Å². The molecule has 0 heterocycles. The number of fused-ring (bicyclic) bond motifs is 2. The lowest BCUT2D eigenvalue weighted by Gasteiger charge is -2.14. The maximum Gasteiger partial charge on any atom is 0.297 e. The zero-order valence-corrected chi connectivity index (χ0v) is 29.6. The topological polar surface area (TPSA) is 262 Å². The molecule has 0 spiro atoms. The van der Waals surface area contributed by atoms with E-state index in [-0.39, 0.29) is 44.9 Å². The molecular formula is C36H34N8O6S2. The number of hydrogen-bond acceptors (Lipinski definition) is 12. The second-order valence-electron chi connectivity index (χ2n) is 11.8. The third-order valence-electron chi connectivity index (χ3n) is 8.71. The molecule has 0 aliphatic heterocycles. The molecule has 0 bridgehead atoms. The Morgan fingerprint density at radius 2 is 0.846 bits per heavy atom. The summed E-state index contributed by atoms with van der Waals surface area (Å²) in [6.45, 7) is 3.98. The van der Waals surface area contributed by atoms with Gasteiger partial charge in [0.25, 0.3) is 20.2 Å². The second-order valence-corrected chi connectivity index (χ2v) is 14.6. The number of nitrogens with two attached hydrogens (primary N) is 4. The molecule has 16 heteroatoms. The van der Waals surface area contributed by atoms with Gasteiger partial charge in [-0.25, -0.2) is 0 Å². The van der Waals surface area contributed by atoms with Gasteiger partial charge in [0.05, 0.1) is 34.1 Å². The van der Waals surface area contributed by atoms with Crippen LogP contribution in [0.25, 0.3) is 32.7 Å². The Morgan fingerprint density at radius 3 is 1.17 bits per heavy atom. The fraction of sp³-hybridized carbons (Fsp3) is 0.111. The summed E-state index contributed by atoms with van der Waals surface area (Å²) in [5, 5.41) is 18.1. The van der Waals surface area contributed by atoms with Crippen molar-refractivity contribution in [2.45, 2.75) is 36.5 Å². The van der Waals surface area contributed by atoms with Crippen molar-refractivity contribution in [1.82, 2.24) is 0 Å². The number of azo groups is 2. The number of rotatable bonds is 9. The van der Waals surface area contributed by atoms with Gasteiger partial charge in [-0.1, -0.05) is 74.5 Å². The van der Waals surface area contributed by atoms with Crippen LogP contribution in [0.2, 0.25) is 0 Å². The van der Waals surface area contributed by atoms with Gasteiger partial charge >= 0.3 is 0 Å². The van der Waals surface area contributed by atoms with E-state index in [0.717, 1.165) is 22.3 Å². The monoisotopic (exact) mass is 738 g/mol. The molecule has 0 saturated heterocycles. The highest BCUT2D eigenvalue weighted by Gasteiger charge is 2.25. The highest BCUT2D eigenvalue weighted by molar-refractivity contribution is 7.86. The minimum absolute atomic E-state index is 0.0760. The van der Waals surface area contributed by atoms with Crippen molar-refractivity contribution in [3.8, 4) is 11.1 Å². The molecule has 14 nitrogen and oxygen atoms in total. The number of nitrogens with zero attached hydrogens (tertiary/aromatic N) is 4. The molecule has 0 fully saturated rings. The van der Waals surface area contributed by atoms with Crippen molar-refractivity contribution >= 4 is 87.3 Å². The molecule has 6 rings (SSSR count). The minimum Gasteiger partial charge on any atom is -0.396 e. The van der Waals surface area contributed by atoms with Crippen LogP contribution in [0.1, 0.15) is 25.0 Å². The molecule has 0 atom stereocenters. The maximum absolute atomic E-state index is 12.3. The molecule has 0 amide bonds. The zero-order valence-electron chi connectivity index (χ0n) is 27.9. The van der Waals surface area contributed by atoms with Crippen molar-refractivity contribution in [3.63, 3.8) is 0 Å². The Labute approximate surface area is 299 Å². The first-order valence-electron chi connectivity index (χ1n) is 15.9. The van der Waals surface area contributed by atoms with Gasteiger partial charge in [0, 0.05) is 21.5 Å². The SMILES string of the molecule is CCc1cc(/N=N/c2c(N)c(S(=O)(=O)O)c3ccccc3c2N)ccc1-c1ccc(/N=N/c2c(N)c(S(=O)(=O)O)c3ccccc3c2N)cc1CC.